The van der Waals surface area contributed by atoms with E-state index in [0.717, 1.165) is 19.3 Å². The van der Waals surface area contributed by atoms with Crippen LogP contribution in [-0.2, 0) is 0 Å². The molecule has 1 unspecified atom stereocenters. The molecular weight excluding hydrogens is 266 g/mol. The predicted molar refractivity (Wildman–Crippen MR) is 84.3 cm³/mol. The topological polar surface area (TPSA) is 64.6 Å². The molecule has 2 rings (SSSR count). The standard InChI is InChI=1S/C16H31N3O2/c1-19(2)14(13-7-4-3-5-8-13)11-17-15(20)18-12-16(21)9-6-10-16/h13-14,21H,3-12H2,1-2H3,(H2,17,18,20). The van der Waals surface area contributed by atoms with E-state index in [1.54, 1.807) is 0 Å². The van der Waals surface area contributed by atoms with E-state index in [-0.39, 0.29) is 6.03 Å². The zero-order valence-electron chi connectivity index (χ0n) is 13.5. The van der Waals surface area contributed by atoms with Crippen molar-refractivity contribution in [2.75, 3.05) is 27.2 Å². The zero-order chi connectivity index (χ0) is 15.3. The first kappa shape index (κ1) is 16.6. The number of carbonyl (C=O) groups excluding carboxylic acids is 1. The first-order valence-corrected chi connectivity index (χ1v) is 8.41. The Morgan fingerprint density at radius 2 is 1.86 bits per heavy atom. The maximum absolute atomic E-state index is 11.9. The quantitative estimate of drug-likeness (QED) is 0.699. The first-order chi connectivity index (χ1) is 10.0. The van der Waals surface area contributed by atoms with E-state index in [9.17, 15) is 9.90 Å². The summed E-state index contributed by atoms with van der Waals surface area (Å²) in [5, 5.41) is 15.8. The van der Waals surface area contributed by atoms with Gasteiger partial charge in [-0.05, 0) is 52.1 Å². The Labute approximate surface area is 128 Å². The molecule has 2 saturated carbocycles. The van der Waals surface area contributed by atoms with E-state index in [0.29, 0.717) is 25.0 Å². The van der Waals surface area contributed by atoms with Crippen molar-refractivity contribution in [3.05, 3.63) is 0 Å². The molecule has 0 heterocycles. The predicted octanol–water partition coefficient (Wildman–Crippen LogP) is 1.71. The highest BCUT2D eigenvalue weighted by Gasteiger charge is 2.34. The molecule has 2 amide bonds. The van der Waals surface area contributed by atoms with Gasteiger partial charge in [0.1, 0.15) is 0 Å². The summed E-state index contributed by atoms with van der Waals surface area (Å²) in [5.74, 6) is 0.685. The van der Waals surface area contributed by atoms with Crippen molar-refractivity contribution in [1.29, 1.82) is 0 Å². The molecular formula is C16H31N3O2. The van der Waals surface area contributed by atoms with Crippen LogP contribution in [0.2, 0.25) is 0 Å². The van der Waals surface area contributed by atoms with Gasteiger partial charge in [0.25, 0.3) is 0 Å². The molecule has 0 aromatic rings. The maximum Gasteiger partial charge on any atom is 0.314 e. The smallest absolute Gasteiger partial charge is 0.314 e. The summed E-state index contributed by atoms with van der Waals surface area (Å²) in [7, 11) is 4.19. The van der Waals surface area contributed by atoms with Crippen molar-refractivity contribution in [2.24, 2.45) is 5.92 Å². The van der Waals surface area contributed by atoms with Crippen molar-refractivity contribution >= 4 is 6.03 Å². The zero-order valence-corrected chi connectivity index (χ0v) is 13.5. The van der Waals surface area contributed by atoms with Gasteiger partial charge in [0, 0.05) is 19.1 Å². The highest BCUT2D eigenvalue weighted by atomic mass is 16.3. The van der Waals surface area contributed by atoms with Gasteiger partial charge in [-0.1, -0.05) is 19.3 Å². The summed E-state index contributed by atoms with van der Waals surface area (Å²) in [6.07, 6.45) is 9.18. The summed E-state index contributed by atoms with van der Waals surface area (Å²) in [4.78, 5) is 14.1. The molecule has 1 atom stereocenters. The number of rotatable bonds is 6. The van der Waals surface area contributed by atoms with Gasteiger partial charge in [-0.15, -0.1) is 0 Å². The van der Waals surface area contributed by atoms with Crippen molar-refractivity contribution in [2.45, 2.75) is 63.0 Å². The van der Waals surface area contributed by atoms with Crippen molar-refractivity contribution in [3.8, 4) is 0 Å². The lowest BCUT2D eigenvalue weighted by atomic mass is 9.80. The second kappa shape index (κ2) is 7.45. The summed E-state index contributed by atoms with van der Waals surface area (Å²) >= 11 is 0. The van der Waals surface area contributed by atoms with E-state index < -0.39 is 5.60 Å². The molecule has 0 aromatic carbocycles. The molecule has 2 fully saturated rings. The normalized spacial score (nSPS) is 23.4. The van der Waals surface area contributed by atoms with Crippen LogP contribution in [0.5, 0.6) is 0 Å². The Morgan fingerprint density at radius 3 is 2.38 bits per heavy atom. The molecule has 0 spiro atoms. The Hall–Kier alpha value is -0.810. The van der Waals surface area contributed by atoms with E-state index in [1.165, 1.54) is 32.1 Å². The molecule has 122 valence electrons. The Kier molecular flexibility index (Phi) is 5.88. The number of urea groups is 1. The third kappa shape index (κ3) is 4.85. The minimum absolute atomic E-state index is 0.155. The molecule has 2 aliphatic rings. The van der Waals surface area contributed by atoms with Crippen LogP contribution in [0.4, 0.5) is 4.79 Å². The monoisotopic (exact) mass is 297 g/mol. The minimum atomic E-state index is -0.651. The minimum Gasteiger partial charge on any atom is -0.388 e. The second-order valence-corrected chi connectivity index (χ2v) is 7.07. The molecule has 0 saturated heterocycles. The number of nitrogens with zero attached hydrogens (tertiary/aromatic N) is 1. The van der Waals surface area contributed by atoms with E-state index in [1.807, 2.05) is 0 Å². The largest absolute Gasteiger partial charge is 0.388 e. The molecule has 3 N–H and O–H groups in total. The highest BCUT2D eigenvalue weighted by Crippen LogP contribution is 2.30. The summed E-state index contributed by atoms with van der Waals surface area (Å²) < 4.78 is 0. The van der Waals surface area contributed by atoms with Gasteiger partial charge in [-0.3, -0.25) is 0 Å². The van der Waals surface area contributed by atoms with Crippen LogP contribution in [0.1, 0.15) is 51.4 Å². The number of likely N-dealkylation sites (N-methyl/N-ethyl adjacent to an activating group) is 1. The molecule has 5 heteroatoms. The van der Waals surface area contributed by atoms with Crippen LogP contribution in [-0.4, -0.2) is 54.9 Å². The van der Waals surface area contributed by atoms with Gasteiger partial charge in [-0.25, -0.2) is 4.79 Å². The van der Waals surface area contributed by atoms with E-state index >= 15 is 0 Å². The molecule has 0 bridgehead atoms. The van der Waals surface area contributed by atoms with Crippen LogP contribution < -0.4 is 10.6 Å². The molecule has 5 nitrogen and oxygen atoms in total. The van der Waals surface area contributed by atoms with Crippen LogP contribution >= 0.6 is 0 Å². The number of amides is 2. The molecule has 21 heavy (non-hydrogen) atoms. The second-order valence-electron chi connectivity index (χ2n) is 7.07. The highest BCUT2D eigenvalue weighted by molar-refractivity contribution is 5.73. The van der Waals surface area contributed by atoms with Gasteiger partial charge in [0.05, 0.1) is 5.60 Å². The third-order valence-electron chi connectivity index (χ3n) is 5.19. The summed E-state index contributed by atoms with van der Waals surface area (Å²) in [5.41, 5.74) is -0.651. The van der Waals surface area contributed by atoms with Gasteiger partial charge in [0.2, 0.25) is 0 Å². The van der Waals surface area contributed by atoms with E-state index in [4.69, 9.17) is 0 Å². The number of hydrogen-bond donors (Lipinski definition) is 3. The number of carbonyl (C=O) groups is 1. The average molecular weight is 297 g/mol. The van der Waals surface area contributed by atoms with Crippen molar-refractivity contribution in [1.82, 2.24) is 15.5 Å². The van der Waals surface area contributed by atoms with Crippen LogP contribution in [0.15, 0.2) is 0 Å². The van der Waals surface area contributed by atoms with Crippen LogP contribution in [0.3, 0.4) is 0 Å². The van der Waals surface area contributed by atoms with Crippen LogP contribution in [0, 0.1) is 5.92 Å². The lowest BCUT2D eigenvalue weighted by Gasteiger charge is -2.37. The van der Waals surface area contributed by atoms with Crippen molar-refractivity contribution < 1.29 is 9.90 Å². The Bertz CT molecular complexity index is 336. The molecule has 0 aliphatic heterocycles. The SMILES string of the molecule is CN(C)C(CNC(=O)NCC1(O)CCC1)C1CCCCC1. The maximum atomic E-state index is 11.9. The fourth-order valence-electron chi connectivity index (χ4n) is 3.56. The molecule has 0 radical (unpaired) electrons. The van der Waals surface area contributed by atoms with E-state index in [2.05, 4.69) is 29.6 Å². The fraction of sp³-hybridized carbons (Fsp3) is 0.938. The van der Waals surface area contributed by atoms with Gasteiger partial charge >= 0.3 is 6.03 Å². The van der Waals surface area contributed by atoms with Gasteiger partial charge in [-0.2, -0.15) is 0 Å². The first-order valence-electron chi connectivity index (χ1n) is 8.41. The summed E-state index contributed by atoms with van der Waals surface area (Å²) in [6, 6.07) is 0.251. The third-order valence-corrected chi connectivity index (χ3v) is 5.19. The Balaban J connectivity index is 1.71. The average Bonchev–Trinajstić information content (AvgIpc) is 2.44. The van der Waals surface area contributed by atoms with Crippen LogP contribution in [0.25, 0.3) is 0 Å². The fourth-order valence-corrected chi connectivity index (χ4v) is 3.56. The van der Waals surface area contributed by atoms with Gasteiger partial charge < -0.3 is 20.6 Å². The van der Waals surface area contributed by atoms with Crippen molar-refractivity contribution in [3.63, 3.8) is 0 Å². The number of aliphatic hydroxyl groups is 1. The summed E-state index contributed by atoms with van der Waals surface area (Å²) in [6.45, 7) is 1.05. The van der Waals surface area contributed by atoms with Gasteiger partial charge in [0.15, 0.2) is 0 Å². The molecule has 2 aliphatic carbocycles. The number of hydrogen-bond acceptors (Lipinski definition) is 3. The number of nitrogens with one attached hydrogen (secondary N) is 2. The Morgan fingerprint density at radius 1 is 1.19 bits per heavy atom. The molecule has 0 aromatic heterocycles. The lowest BCUT2D eigenvalue weighted by molar-refractivity contribution is -0.0290. The lowest BCUT2D eigenvalue weighted by Crippen LogP contribution is -2.52.